The van der Waals surface area contributed by atoms with Gasteiger partial charge in [-0.3, -0.25) is 4.90 Å². The number of piperazine rings is 1. The summed E-state index contributed by atoms with van der Waals surface area (Å²) >= 11 is 3.71. The van der Waals surface area contributed by atoms with Gasteiger partial charge in [0.1, 0.15) is 0 Å². The molecular formula is C15H23BrN2. The van der Waals surface area contributed by atoms with Gasteiger partial charge in [-0.05, 0) is 18.1 Å². The summed E-state index contributed by atoms with van der Waals surface area (Å²) in [6.45, 7) is 6.83. The summed E-state index contributed by atoms with van der Waals surface area (Å²) in [6.07, 6.45) is 3.84. The number of unbranched alkanes of at least 4 members (excludes halogenated alkanes) is 1. The van der Waals surface area contributed by atoms with Gasteiger partial charge in [-0.15, -0.1) is 0 Å². The molecule has 3 heteroatoms. The first-order valence-corrected chi connectivity index (χ1v) is 7.81. The van der Waals surface area contributed by atoms with Crippen LogP contribution in [0.3, 0.4) is 0 Å². The monoisotopic (exact) mass is 310 g/mol. The number of halogens is 1. The zero-order chi connectivity index (χ0) is 12.8. The Morgan fingerprint density at radius 3 is 2.67 bits per heavy atom. The fraction of sp³-hybridized carbons (Fsp3) is 0.600. The molecule has 0 spiro atoms. The van der Waals surface area contributed by atoms with Crippen molar-refractivity contribution in [2.24, 2.45) is 0 Å². The average molecular weight is 311 g/mol. The molecule has 1 atom stereocenters. The molecule has 1 aliphatic heterocycles. The molecule has 2 rings (SSSR count). The van der Waals surface area contributed by atoms with Crippen molar-refractivity contribution in [3.8, 4) is 0 Å². The highest BCUT2D eigenvalue weighted by Crippen LogP contribution is 2.31. The third-order valence-corrected chi connectivity index (χ3v) is 4.41. The summed E-state index contributed by atoms with van der Waals surface area (Å²) in [5, 5.41) is 3.44. The van der Waals surface area contributed by atoms with E-state index in [1.807, 2.05) is 0 Å². The quantitative estimate of drug-likeness (QED) is 0.894. The van der Waals surface area contributed by atoms with E-state index in [0.717, 1.165) is 26.2 Å². The first kappa shape index (κ1) is 14.0. The van der Waals surface area contributed by atoms with Crippen molar-refractivity contribution in [2.45, 2.75) is 32.2 Å². The van der Waals surface area contributed by atoms with Crippen LogP contribution in [0.2, 0.25) is 0 Å². The van der Waals surface area contributed by atoms with Crippen LogP contribution in [0.1, 0.15) is 37.8 Å². The highest BCUT2D eigenvalue weighted by atomic mass is 79.9. The predicted octanol–water partition coefficient (Wildman–Crippen LogP) is 3.59. The van der Waals surface area contributed by atoms with E-state index in [4.69, 9.17) is 0 Å². The Morgan fingerprint density at radius 1 is 1.28 bits per heavy atom. The molecule has 0 unspecified atom stereocenters. The van der Waals surface area contributed by atoms with Gasteiger partial charge in [-0.25, -0.2) is 0 Å². The van der Waals surface area contributed by atoms with E-state index in [-0.39, 0.29) is 0 Å². The van der Waals surface area contributed by atoms with Gasteiger partial charge in [0, 0.05) is 36.7 Å². The maximum atomic E-state index is 3.71. The number of nitrogens with zero attached hydrogens (tertiary/aromatic N) is 1. The second kappa shape index (κ2) is 7.27. The Balaban J connectivity index is 2.15. The maximum absolute atomic E-state index is 3.71. The minimum Gasteiger partial charge on any atom is -0.314 e. The summed E-state index contributed by atoms with van der Waals surface area (Å²) in [5.41, 5.74) is 1.45. The Morgan fingerprint density at radius 2 is 2.00 bits per heavy atom. The Hall–Kier alpha value is -0.380. The van der Waals surface area contributed by atoms with Crippen LogP contribution in [0.25, 0.3) is 0 Å². The molecule has 1 heterocycles. The van der Waals surface area contributed by atoms with Gasteiger partial charge in [0.05, 0.1) is 0 Å². The van der Waals surface area contributed by atoms with Crippen molar-refractivity contribution in [1.29, 1.82) is 0 Å². The van der Waals surface area contributed by atoms with Gasteiger partial charge in [-0.1, -0.05) is 53.9 Å². The van der Waals surface area contributed by atoms with Crippen molar-refractivity contribution in [2.75, 3.05) is 26.2 Å². The fourth-order valence-electron chi connectivity index (χ4n) is 2.67. The number of nitrogens with one attached hydrogen (secondary N) is 1. The van der Waals surface area contributed by atoms with Crippen LogP contribution in [-0.4, -0.2) is 31.1 Å². The van der Waals surface area contributed by atoms with Crippen LogP contribution in [0, 0.1) is 0 Å². The molecular weight excluding hydrogens is 288 g/mol. The predicted molar refractivity (Wildman–Crippen MR) is 80.9 cm³/mol. The summed E-state index contributed by atoms with van der Waals surface area (Å²) < 4.78 is 1.25. The van der Waals surface area contributed by atoms with Gasteiger partial charge in [0.15, 0.2) is 0 Å². The summed E-state index contributed by atoms with van der Waals surface area (Å²) in [4.78, 5) is 2.63. The number of benzene rings is 1. The zero-order valence-electron chi connectivity index (χ0n) is 11.2. The zero-order valence-corrected chi connectivity index (χ0v) is 12.7. The number of hydrogen-bond donors (Lipinski definition) is 1. The highest BCUT2D eigenvalue weighted by molar-refractivity contribution is 9.10. The molecule has 1 N–H and O–H groups in total. The van der Waals surface area contributed by atoms with Crippen LogP contribution in [-0.2, 0) is 0 Å². The van der Waals surface area contributed by atoms with Gasteiger partial charge in [0.2, 0.25) is 0 Å². The lowest BCUT2D eigenvalue weighted by molar-refractivity contribution is 0.162. The van der Waals surface area contributed by atoms with Gasteiger partial charge in [0.25, 0.3) is 0 Å². The molecule has 0 amide bonds. The van der Waals surface area contributed by atoms with Crippen LogP contribution >= 0.6 is 15.9 Å². The van der Waals surface area contributed by atoms with E-state index in [1.54, 1.807) is 0 Å². The number of hydrogen-bond acceptors (Lipinski definition) is 2. The van der Waals surface area contributed by atoms with Crippen LogP contribution in [0.5, 0.6) is 0 Å². The largest absolute Gasteiger partial charge is 0.314 e. The van der Waals surface area contributed by atoms with Crippen molar-refractivity contribution in [1.82, 2.24) is 10.2 Å². The molecule has 0 aliphatic carbocycles. The van der Waals surface area contributed by atoms with E-state index >= 15 is 0 Å². The average Bonchev–Trinajstić information content (AvgIpc) is 2.42. The van der Waals surface area contributed by atoms with E-state index in [1.165, 1.54) is 29.3 Å². The second-order valence-corrected chi connectivity index (χ2v) is 5.82. The van der Waals surface area contributed by atoms with E-state index in [2.05, 4.69) is 57.3 Å². The van der Waals surface area contributed by atoms with Gasteiger partial charge in [-0.2, -0.15) is 0 Å². The van der Waals surface area contributed by atoms with Crippen LogP contribution in [0.15, 0.2) is 28.7 Å². The first-order chi connectivity index (χ1) is 8.83. The minimum atomic E-state index is 0.572. The first-order valence-electron chi connectivity index (χ1n) is 7.02. The van der Waals surface area contributed by atoms with E-state index < -0.39 is 0 Å². The lowest BCUT2D eigenvalue weighted by Crippen LogP contribution is -2.45. The summed E-state index contributed by atoms with van der Waals surface area (Å²) in [5.74, 6) is 0. The molecule has 0 bridgehead atoms. The standard InChI is InChI=1S/C15H23BrN2/c1-2-3-8-15(18-11-9-17-10-12-18)13-6-4-5-7-14(13)16/h4-7,15,17H,2-3,8-12H2,1H3/t15-/m0/s1. The molecule has 100 valence electrons. The van der Waals surface area contributed by atoms with Crippen molar-refractivity contribution in [3.05, 3.63) is 34.3 Å². The topological polar surface area (TPSA) is 15.3 Å². The smallest absolute Gasteiger partial charge is 0.0360 e. The molecule has 0 aromatic heterocycles. The maximum Gasteiger partial charge on any atom is 0.0360 e. The summed E-state index contributed by atoms with van der Waals surface area (Å²) in [7, 11) is 0. The lowest BCUT2D eigenvalue weighted by Gasteiger charge is -2.35. The second-order valence-electron chi connectivity index (χ2n) is 4.97. The molecule has 1 fully saturated rings. The third kappa shape index (κ3) is 3.56. The Labute approximate surface area is 119 Å². The van der Waals surface area contributed by atoms with E-state index in [9.17, 15) is 0 Å². The SMILES string of the molecule is CCCC[C@@H](c1ccccc1Br)N1CCNCC1. The fourth-order valence-corrected chi connectivity index (χ4v) is 3.22. The van der Waals surface area contributed by atoms with Crippen molar-refractivity contribution in [3.63, 3.8) is 0 Å². The number of rotatable bonds is 5. The van der Waals surface area contributed by atoms with Crippen molar-refractivity contribution >= 4 is 15.9 Å². The summed E-state index contributed by atoms with van der Waals surface area (Å²) in [6, 6.07) is 9.26. The molecule has 0 saturated carbocycles. The van der Waals surface area contributed by atoms with Crippen LogP contribution < -0.4 is 5.32 Å². The van der Waals surface area contributed by atoms with Crippen LogP contribution in [0.4, 0.5) is 0 Å². The molecule has 0 radical (unpaired) electrons. The van der Waals surface area contributed by atoms with Gasteiger partial charge < -0.3 is 5.32 Å². The lowest BCUT2D eigenvalue weighted by atomic mass is 9.99. The Kier molecular flexibility index (Phi) is 5.67. The van der Waals surface area contributed by atoms with Crippen molar-refractivity contribution < 1.29 is 0 Å². The van der Waals surface area contributed by atoms with E-state index in [0.29, 0.717) is 6.04 Å². The normalized spacial score (nSPS) is 18.8. The molecule has 1 aromatic rings. The highest BCUT2D eigenvalue weighted by Gasteiger charge is 2.22. The Bertz CT molecular complexity index is 361. The minimum absolute atomic E-state index is 0.572. The molecule has 2 nitrogen and oxygen atoms in total. The molecule has 1 saturated heterocycles. The van der Waals surface area contributed by atoms with Gasteiger partial charge >= 0.3 is 0 Å². The molecule has 1 aromatic carbocycles. The molecule has 18 heavy (non-hydrogen) atoms. The third-order valence-electron chi connectivity index (χ3n) is 3.69. The molecule has 1 aliphatic rings.